The summed E-state index contributed by atoms with van der Waals surface area (Å²) in [6.45, 7) is 5.54. The molecule has 0 saturated heterocycles. The van der Waals surface area contributed by atoms with Gasteiger partial charge in [-0.3, -0.25) is 4.57 Å². The topological polar surface area (TPSA) is 54.0 Å². The monoisotopic (exact) mass is 314 g/mol. The van der Waals surface area contributed by atoms with E-state index < -0.39 is 7.60 Å². The molecule has 0 aromatic heterocycles. The van der Waals surface area contributed by atoms with Gasteiger partial charge < -0.3 is 18.5 Å². The Bertz CT molecular complexity index is 437. The largest absolute Gasteiger partial charge is 0.498 e. The van der Waals surface area contributed by atoms with E-state index >= 15 is 0 Å². The molecule has 0 aliphatic rings. The van der Waals surface area contributed by atoms with Crippen molar-refractivity contribution in [3.8, 4) is 0 Å². The SMILES string of the molecule is CCOP(=O)(/C=C/OCCOCc1ccccc1)OCC. The van der Waals surface area contributed by atoms with Crippen molar-refractivity contribution in [1.82, 2.24) is 0 Å². The molecule has 1 aromatic carbocycles. The quantitative estimate of drug-likeness (QED) is 0.351. The van der Waals surface area contributed by atoms with Crippen LogP contribution in [-0.4, -0.2) is 26.4 Å². The van der Waals surface area contributed by atoms with E-state index in [9.17, 15) is 4.57 Å². The summed E-state index contributed by atoms with van der Waals surface area (Å²) in [5.74, 6) is 1.33. The Morgan fingerprint density at radius 1 is 1.05 bits per heavy atom. The normalized spacial score (nSPS) is 11.9. The first-order valence-corrected chi connectivity index (χ1v) is 8.61. The van der Waals surface area contributed by atoms with Gasteiger partial charge in [-0.15, -0.1) is 0 Å². The smallest absolute Gasteiger partial charge is 0.357 e. The minimum Gasteiger partial charge on any atom is -0.498 e. The highest BCUT2D eigenvalue weighted by molar-refractivity contribution is 7.57. The fourth-order valence-electron chi connectivity index (χ4n) is 1.54. The van der Waals surface area contributed by atoms with Gasteiger partial charge in [0.15, 0.2) is 0 Å². The molecule has 0 aliphatic heterocycles. The maximum atomic E-state index is 12.0. The Kier molecular flexibility index (Phi) is 9.02. The van der Waals surface area contributed by atoms with Crippen LogP contribution in [0.1, 0.15) is 19.4 Å². The van der Waals surface area contributed by atoms with E-state index in [-0.39, 0.29) is 0 Å². The van der Waals surface area contributed by atoms with Crippen LogP contribution < -0.4 is 0 Å². The molecule has 0 spiro atoms. The Labute approximate surface area is 126 Å². The predicted molar refractivity (Wildman–Crippen MR) is 82.0 cm³/mol. The minimum atomic E-state index is -3.17. The third kappa shape index (κ3) is 8.02. The van der Waals surface area contributed by atoms with Crippen LogP contribution in [-0.2, 0) is 29.7 Å². The summed E-state index contributed by atoms with van der Waals surface area (Å²) in [6, 6.07) is 9.91. The summed E-state index contributed by atoms with van der Waals surface area (Å²) in [4.78, 5) is 0. The van der Waals surface area contributed by atoms with Crippen LogP contribution in [0.2, 0.25) is 0 Å². The first-order chi connectivity index (χ1) is 10.2. The lowest BCUT2D eigenvalue weighted by Gasteiger charge is -2.12. The third-order valence-electron chi connectivity index (χ3n) is 2.41. The van der Waals surface area contributed by atoms with Crippen LogP contribution in [0.15, 0.2) is 42.4 Å². The van der Waals surface area contributed by atoms with Gasteiger partial charge >= 0.3 is 7.60 Å². The summed E-state index contributed by atoms with van der Waals surface area (Å²) in [5, 5.41) is 0. The van der Waals surface area contributed by atoms with E-state index in [0.717, 1.165) is 5.56 Å². The lowest BCUT2D eigenvalue weighted by Crippen LogP contribution is -2.01. The van der Waals surface area contributed by atoms with Crippen molar-refractivity contribution in [3.63, 3.8) is 0 Å². The van der Waals surface area contributed by atoms with Crippen LogP contribution in [0.4, 0.5) is 0 Å². The first kappa shape index (κ1) is 17.9. The van der Waals surface area contributed by atoms with Gasteiger partial charge in [-0.25, -0.2) is 0 Å². The van der Waals surface area contributed by atoms with Gasteiger partial charge in [0.05, 0.1) is 38.5 Å². The zero-order valence-corrected chi connectivity index (χ0v) is 13.5. The van der Waals surface area contributed by atoms with E-state index in [1.807, 2.05) is 30.3 Å². The molecule has 1 rings (SSSR count). The summed E-state index contributed by atoms with van der Waals surface area (Å²) >= 11 is 0. The second kappa shape index (κ2) is 10.6. The average molecular weight is 314 g/mol. The van der Waals surface area contributed by atoms with Gasteiger partial charge in [-0.05, 0) is 19.4 Å². The molecule has 5 nitrogen and oxygen atoms in total. The predicted octanol–water partition coefficient (Wildman–Crippen LogP) is 3.96. The fourth-order valence-corrected chi connectivity index (χ4v) is 2.74. The number of hydrogen-bond acceptors (Lipinski definition) is 5. The Hall–Kier alpha value is -1.13. The summed E-state index contributed by atoms with van der Waals surface area (Å²) in [5.41, 5.74) is 1.12. The van der Waals surface area contributed by atoms with Crippen LogP contribution in [0.3, 0.4) is 0 Å². The lowest BCUT2D eigenvalue weighted by molar-refractivity contribution is 0.0747. The summed E-state index contributed by atoms with van der Waals surface area (Å²) in [7, 11) is -3.17. The van der Waals surface area contributed by atoms with E-state index in [4.69, 9.17) is 18.5 Å². The van der Waals surface area contributed by atoms with Crippen molar-refractivity contribution < 1.29 is 23.1 Å². The number of hydrogen-bond donors (Lipinski definition) is 0. The molecule has 0 N–H and O–H groups in total. The molecule has 0 heterocycles. The zero-order chi connectivity index (χ0) is 15.4. The average Bonchev–Trinajstić information content (AvgIpc) is 2.48. The molecule has 0 atom stereocenters. The lowest BCUT2D eigenvalue weighted by atomic mass is 10.2. The summed E-state index contributed by atoms with van der Waals surface area (Å²) in [6.07, 6.45) is 1.35. The van der Waals surface area contributed by atoms with Gasteiger partial charge in [0.1, 0.15) is 6.61 Å². The van der Waals surface area contributed by atoms with Crippen LogP contribution in [0.25, 0.3) is 0 Å². The summed E-state index contributed by atoms with van der Waals surface area (Å²) < 4.78 is 32.9. The zero-order valence-electron chi connectivity index (χ0n) is 12.6. The minimum absolute atomic E-state index is 0.321. The highest BCUT2D eigenvalue weighted by Crippen LogP contribution is 2.49. The van der Waals surface area contributed by atoms with Crippen LogP contribution in [0.5, 0.6) is 0 Å². The molecule has 0 unspecified atom stereocenters. The molecule has 6 heteroatoms. The van der Waals surface area contributed by atoms with Crippen LogP contribution in [0, 0.1) is 0 Å². The molecule has 21 heavy (non-hydrogen) atoms. The van der Waals surface area contributed by atoms with Crippen LogP contribution >= 0.6 is 7.60 Å². The van der Waals surface area contributed by atoms with Gasteiger partial charge in [0.2, 0.25) is 0 Å². The van der Waals surface area contributed by atoms with Gasteiger partial charge in [-0.1, -0.05) is 30.3 Å². The first-order valence-electron chi connectivity index (χ1n) is 7.00. The maximum Gasteiger partial charge on any atom is 0.357 e. The van der Waals surface area contributed by atoms with Crippen molar-refractivity contribution in [2.75, 3.05) is 26.4 Å². The Morgan fingerprint density at radius 2 is 1.71 bits per heavy atom. The molecule has 0 radical (unpaired) electrons. The van der Waals surface area contributed by atoms with Crippen molar-refractivity contribution >= 4 is 7.60 Å². The number of ether oxygens (including phenoxy) is 2. The molecule has 0 fully saturated rings. The van der Waals surface area contributed by atoms with Crippen molar-refractivity contribution in [2.45, 2.75) is 20.5 Å². The van der Waals surface area contributed by atoms with E-state index in [1.54, 1.807) is 13.8 Å². The Morgan fingerprint density at radius 3 is 2.33 bits per heavy atom. The highest BCUT2D eigenvalue weighted by Gasteiger charge is 2.18. The molecule has 0 aliphatic carbocycles. The van der Waals surface area contributed by atoms with Crippen molar-refractivity contribution in [1.29, 1.82) is 0 Å². The maximum absolute atomic E-state index is 12.0. The molecule has 0 bridgehead atoms. The number of rotatable bonds is 11. The third-order valence-corrected chi connectivity index (χ3v) is 4.14. The second-order valence-corrected chi connectivity index (χ2v) is 5.96. The molecule has 0 amide bonds. The second-order valence-electron chi connectivity index (χ2n) is 4.07. The van der Waals surface area contributed by atoms with E-state index in [2.05, 4.69) is 0 Å². The van der Waals surface area contributed by atoms with Crippen molar-refractivity contribution in [3.05, 3.63) is 48.0 Å². The van der Waals surface area contributed by atoms with Gasteiger partial charge in [0.25, 0.3) is 0 Å². The van der Waals surface area contributed by atoms with E-state index in [0.29, 0.717) is 33.0 Å². The molecule has 0 saturated carbocycles. The molecular formula is C15H23O5P. The van der Waals surface area contributed by atoms with Gasteiger partial charge in [0, 0.05) is 0 Å². The standard InChI is InChI=1S/C15H23O5P/c1-3-19-21(16,20-4-2)13-12-17-10-11-18-14-15-8-6-5-7-9-15/h5-9,12-13H,3-4,10-11,14H2,1-2H3/b13-12+. The number of benzene rings is 1. The Balaban J connectivity index is 2.17. The molecule has 118 valence electrons. The molecule has 1 aromatic rings. The van der Waals surface area contributed by atoms with E-state index in [1.165, 1.54) is 12.1 Å². The molecular weight excluding hydrogens is 291 g/mol. The fraction of sp³-hybridized carbons (Fsp3) is 0.467. The van der Waals surface area contributed by atoms with Crippen molar-refractivity contribution in [2.24, 2.45) is 0 Å². The highest BCUT2D eigenvalue weighted by atomic mass is 31.2. The van der Waals surface area contributed by atoms with Gasteiger partial charge in [-0.2, -0.15) is 0 Å².